The highest BCUT2D eigenvalue weighted by Crippen LogP contribution is 1.90. The van der Waals surface area contributed by atoms with E-state index in [-0.39, 0.29) is 49.2 Å². The highest BCUT2D eigenvalue weighted by atomic mass is 79.9. The molecule has 0 heterocycles. The Kier molecular flexibility index (Phi) is 75.9. The third-order valence-electron chi connectivity index (χ3n) is 5.78. The predicted molar refractivity (Wildman–Crippen MR) is 222 cm³/mol. The van der Waals surface area contributed by atoms with E-state index in [0.717, 1.165) is 72.0 Å². The standard InChI is InChI=1S/C9H17NO2.C8H14ClNO.C8H15NO2.C5H7BrO2.C4H11N.3ClH/c1-4-10(5-2)8-6-7-9(11)12-3;1-3-10(4-2)7-5-6-8(9)11;1-3-9(4-2)7-5-6-8(10)11;1-8-5(7)3-2-4-6;1-3-5-4-2;;;/h6-7H,4-5,8H2,1-3H3;5-6H,3-4,7H2,1-2H3;5-6H,3-4,7H2,1-2H3,(H,10,11);2-3H,4H2,1H3;5H,3-4H2,1-2H3;3*1H/b7-6+;2*6-5+;3-2+;;;;. The van der Waals surface area contributed by atoms with Crippen LogP contribution in [0.5, 0.6) is 0 Å². The monoisotopic (exact) mass is 862 g/mol. The lowest BCUT2D eigenvalue weighted by atomic mass is 10.4. The molecule has 16 heteroatoms. The molecule has 0 atom stereocenters. The molecule has 0 radical (unpaired) electrons. The number of rotatable bonds is 19. The maximum Gasteiger partial charge on any atom is 0.330 e. The number of carboxylic acid groups (broad SMARTS) is 1. The summed E-state index contributed by atoms with van der Waals surface area (Å²) in [4.78, 5) is 47.7. The van der Waals surface area contributed by atoms with Crippen LogP contribution in [-0.4, -0.2) is 134 Å². The Hall–Kier alpha value is -1.48. The van der Waals surface area contributed by atoms with Crippen LogP contribution >= 0.6 is 64.8 Å². The first-order valence-corrected chi connectivity index (χ1v) is 17.6. The summed E-state index contributed by atoms with van der Waals surface area (Å²) >= 11 is 8.22. The molecule has 0 aliphatic carbocycles. The average Bonchev–Trinajstić information content (AvgIpc) is 3.07. The average molecular weight is 866 g/mol. The predicted octanol–water partition coefficient (Wildman–Crippen LogP) is 6.67. The number of nitrogens with one attached hydrogen (secondary N) is 1. The topological polar surface area (TPSA) is 129 Å². The minimum absolute atomic E-state index is 0. The Morgan fingerprint density at radius 2 is 0.900 bits per heavy atom. The summed E-state index contributed by atoms with van der Waals surface area (Å²) in [5, 5.41) is 11.7. The van der Waals surface area contributed by atoms with Crippen molar-refractivity contribution in [3.8, 4) is 0 Å². The number of allylic oxidation sites excluding steroid dienone is 2. The number of hydrogen-bond acceptors (Lipinski definition) is 10. The molecule has 0 spiro atoms. The number of alkyl halides is 1. The number of carbonyl (C=O) groups excluding carboxylic acids is 3. The van der Waals surface area contributed by atoms with Gasteiger partial charge in [0.15, 0.2) is 0 Å². The molecule has 0 unspecified atom stereocenters. The lowest BCUT2D eigenvalue weighted by Gasteiger charge is -2.14. The summed E-state index contributed by atoms with van der Waals surface area (Å²) in [5.74, 6) is -1.48. The van der Waals surface area contributed by atoms with Gasteiger partial charge in [0.2, 0.25) is 5.24 Å². The smallest absolute Gasteiger partial charge is 0.330 e. The number of carboxylic acids is 1. The fraction of sp³-hybridized carbons (Fsp3) is 0.647. The molecule has 0 aromatic heterocycles. The van der Waals surface area contributed by atoms with Crippen LogP contribution in [-0.2, 0) is 28.7 Å². The molecule has 0 aliphatic rings. The summed E-state index contributed by atoms with van der Waals surface area (Å²) in [5.41, 5.74) is 0. The van der Waals surface area contributed by atoms with Crippen LogP contribution in [0.25, 0.3) is 0 Å². The van der Waals surface area contributed by atoms with E-state index in [1.165, 1.54) is 38.5 Å². The maximum absolute atomic E-state index is 10.6. The SMILES string of the molecule is CCN(CC)C/C=C/C(=O)Cl.CCN(CC)C/C=C/C(=O)O.CCN(CC)C/C=C/C(=O)OC.CCNCC.COC(=O)/C=C/CBr.Cl.Cl.Cl. The van der Waals surface area contributed by atoms with Gasteiger partial charge in [-0.1, -0.05) is 95.6 Å². The Morgan fingerprint density at radius 1 is 0.600 bits per heavy atom. The Balaban J connectivity index is -0.0000000740. The minimum Gasteiger partial charge on any atom is -0.478 e. The van der Waals surface area contributed by atoms with Gasteiger partial charge in [-0.15, -0.1) is 37.2 Å². The molecule has 2 N–H and O–H groups in total. The Bertz CT molecular complexity index is 821. The Labute approximate surface area is 335 Å². The second-order valence-electron chi connectivity index (χ2n) is 8.87. The van der Waals surface area contributed by atoms with Gasteiger partial charge in [0.05, 0.1) is 14.2 Å². The van der Waals surface area contributed by atoms with Crippen LogP contribution in [0.3, 0.4) is 0 Å². The summed E-state index contributed by atoms with van der Waals surface area (Å²) in [6, 6.07) is 0. The number of ether oxygens (including phenoxy) is 2. The second-order valence-corrected chi connectivity index (χ2v) is 9.89. The molecule has 0 saturated carbocycles. The third-order valence-corrected chi connectivity index (χ3v) is 6.28. The van der Waals surface area contributed by atoms with E-state index in [4.69, 9.17) is 16.7 Å². The number of methoxy groups -OCH3 is 2. The Morgan fingerprint density at radius 3 is 1.12 bits per heavy atom. The van der Waals surface area contributed by atoms with Crippen molar-refractivity contribution in [1.82, 2.24) is 20.0 Å². The molecule has 11 nitrogen and oxygen atoms in total. The van der Waals surface area contributed by atoms with Crippen LogP contribution in [0.15, 0.2) is 48.6 Å². The van der Waals surface area contributed by atoms with E-state index in [9.17, 15) is 19.2 Å². The van der Waals surface area contributed by atoms with E-state index < -0.39 is 11.2 Å². The number of halogens is 5. The van der Waals surface area contributed by atoms with Crippen LogP contribution in [0.4, 0.5) is 0 Å². The molecule has 50 heavy (non-hydrogen) atoms. The first kappa shape index (κ1) is 66.7. The molecule has 0 saturated heterocycles. The molecular weight excluding hydrogens is 798 g/mol. The summed E-state index contributed by atoms with van der Waals surface area (Å²) < 4.78 is 8.76. The van der Waals surface area contributed by atoms with Crippen molar-refractivity contribution in [2.24, 2.45) is 0 Å². The van der Waals surface area contributed by atoms with Gasteiger partial charge in [-0.05, 0) is 70.0 Å². The maximum atomic E-state index is 10.6. The zero-order valence-electron chi connectivity index (χ0n) is 31.8. The molecule has 0 bridgehead atoms. The lowest BCUT2D eigenvalue weighted by molar-refractivity contribution is -0.135. The normalized spacial score (nSPS) is 9.98. The quantitative estimate of drug-likeness (QED) is 0.0626. The van der Waals surface area contributed by atoms with Gasteiger partial charge in [0.25, 0.3) is 0 Å². The number of likely N-dealkylation sites (N-methyl/N-ethyl adjacent to an activating group) is 3. The highest BCUT2D eigenvalue weighted by molar-refractivity contribution is 9.09. The van der Waals surface area contributed by atoms with Crippen molar-refractivity contribution >= 4 is 87.9 Å². The number of carbonyl (C=O) groups is 4. The van der Waals surface area contributed by atoms with E-state index in [1.54, 1.807) is 18.2 Å². The van der Waals surface area contributed by atoms with E-state index >= 15 is 0 Å². The molecule has 0 rings (SSSR count). The van der Waals surface area contributed by atoms with Gasteiger partial charge < -0.3 is 34.6 Å². The number of esters is 2. The molecule has 0 amide bonds. The largest absolute Gasteiger partial charge is 0.478 e. The first-order chi connectivity index (χ1) is 22.4. The van der Waals surface area contributed by atoms with Crippen molar-refractivity contribution < 1.29 is 33.8 Å². The minimum atomic E-state index is -0.878. The molecule has 0 fully saturated rings. The summed E-state index contributed by atoms with van der Waals surface area (Å²) in [6.45, 7) is 27.1. The van der Waals surface area contributed by atoms with Gasteiger partial charge in [-0.3, -0.25) is 4.79 Å². The van der Waals surface area contributed by atoms with Crippen molar-refractivity contribution in [3.63, 3.8) is 0 Å². The molecular formula is C34H67BrCl4N4O7. The van der Waals surface area contributed by atoms with Crippen molar-refractivity contribution in [2.45, 2.75) is 55.4 Å². The first-order valence-electron chi connectivity index (χ1n) is 16.1. The number of nitrogens with zero attached hydrogens (tertiary/aromatic N) is 3. The van der Waals surface area contributed by atoms with E-state index in [2.05, 4.69) is 101 Å². The molecule has 0 aromatic rings. The van der Waals surface area contributed by atoms with Gasteiger partial charge in [-0.2, -0.15) is 0 Å². The molecule has 300 valence electrons. The van der Waals surface area contributed by atoms with Gasteiger partial charge in [0.1, 0.15) is 0 Å². The molecule has 0 aromatic carbocycles. The lowest BCUT2D eigenvalue weighted by Crippen LogP contribution is -2.22. The zero-order valence-corrected chi connectivity index (χ0v) is 36.6. The third kappa shape index (κ3) is 65.0. The summed E-state index contributed by atoms with van der Waals surface area (Å²) in [7, 11) is 2.73. The van der Waals surface area contributed by atoms with Crippen LogP contribution in [0.1, 0.15) is 55.4 Å². The highest BCUT2D eigenvalue weighted by Gasteiger charge is 1.96. The zero-order chi connectivity index (χ0) is 37.3. The van der Waals surface area contributed by atoms with Crippen LogP contribution in [0, 0.1) is 0 Å². The number of hydrogen-bond donors (Lipinski definition) is 2. The van der Waals surface area contributed by atoms with Crippen molar-refractivity contribution in [3.05, 3.63) is 48.6 Å². The van der Waals surface area contributed by atoms with Crippen molar-refractivity contribution in [1.29, 1.82) is 0 Å². The number of aliphatic carboxylic acids is 1. The van der Waals surface area contributed by atoms with Crippen molar-refractivity contribution in [2.75, 3.05) is 91.5 Å². The fourth-order valence-corrected chi connectivity index (χ4v) is 3.14. The fourth-order valence-electron chi connectivity index (χ4n) is 2.87. The van der Waals surface area contributed by atoms with Gasteiger partial charge in [0, 0.05) is 43.2 Å². The second kappa shape index (κ2) is 56.9. The van der Waals surface area contributed by atoms with Gasteiger partial charge >= 0.3 is 17.9 Å². The van der Waals surface area contributed by atoms with Gasteiger partial charge in [-0.25, -0.2) is 14.4 Å². The van der Waals surface area contributed by atoms with E-state index in [1.807, 2.05) is 6.08 Å². The van der Waals surface area contributed by atoms with Crippen LogP contribution in [0.2, 0.25) is 0 Å². The molecule has 0 aliphatic heterocycles. The summed E-state index contributed by atoms with van der Waals surface area (Å²) in [6.07, 6.45) is 12.3. The van der Waals surface area contributed by atoms with Crippen LogP contribution < -0.4 is 5.32 Å². The van der Waals surface area contributed by atoms with E-state index in [0.29, 0.717) is 5.33 Å².